The lowest BCUT2D eigenvalue weighted by Crippen LogP contribution is -2.43. The Kier molecular flexibility index (Phi) is 3.29. The second-order valence-corrected chi connectivity index (χ2v) is 4.16. The minimum absolute atomic E-state index is 0.168. The summed E-state index contributed by atoms with van der Waals surface area (Å²) in [6.45, 7) is 1.67. The van der Waals surface area contributed by atoms with Crippen molar-refractivity contribution >= 4 is 5.69 Å². The average molecular weight is 224 g/mol. The molecule has 16 heavy (non-hydrogen) atoms. The number of methoxy groups -OCH3 is 1. The molecule has 1 aromatic rings. The molecule has 3 nitrogen and oxygen atoms in total. The highest BCUT2D eigenvalue weighted by atomic mass is 19.1. The summed E-state index contributed by atoms with van der Waals surface area (Å²) < 4.78 is 18.5. The number of piperidine rings is 1. The van der Waals surface area contributed by atoms with Crippen LogP contribution in [0, 0.1) is 5.82 Å². The van der Waals surface area contributed by atoms with Crippen LogP contribution in [0.1, 0.15) is 12.8 Å². The zero-order chi connectivity index (χ0) is 11.5. The minimum atomic E-state index is -0.241. The van der Waals surface area contributed by atoms with Gasteiger partial charge in [-0.15, -0.1) is 0 Å². The van der Waals surface area contributed by atoms with Gasteiger partial charge in [-0.25, -0.2) is 4.39 Å². The molecule has 0 bridgehead atoms. The third kappa shape index (κ3) is 2.27. The van der Waals surface area contributed by atoms with E-state index in [1.54, 1.807) is 13.2 Å². The first-order valence-corrected chi connectivity index (χ1v) is 5.55. The van der Waals surface area contributed by atoms with E-state index >= 15 is 0 Å². The monoisotopic (exact) mass is 224 g/mol. The van der Waals surface area contributed by atoms with Crippen LogP contribution in [0.3, 0.4) is 0 Å². The first-order valence-electron chi connectivity index (χ1n) is 5.55. The molecule has 1 fully saturated rings. The summed E-state index contributed by atoms with van der Waals surface area (Å²) in [7, 11) is 1.60. The molecule has 1 aliphatic rings. The molecule has 1 unspecified atom stereocenters. The van der Waals surface area contributed by atoms with Crippen molar-refractivity contribution in [3.8, 4) is 5.75 Å². The average Bonchev–Trinajstić information content (AvgIpc) is 2.29. The van der Waals surface area contributed by atoms with Gasteiger partial charge in [-0.1, -0.05) is 0 Å². The summed E-state index contributed by atoms with van der Waals surface area (Å²) in [5.41, 5.74) is 6.72. The van der Waals surface area contributed by atoms with E-state index in [4.69, 9.17) is 10.5 Å². The van der Waals surface area contributed by atoms with E-state index in [1.807, 2.05) is 0 Å². The van der Waals surface area contributed by atoms with Crippen molar-refractivity contribution in [2.75, 3.05) is 25.1 Å². The number of nitrogens with zero attached hydrogens (tertiary/aromatic N) is 1. The Hall–Kier alpha value is -1.29. The van der Waals surface area contributed by atoms with Gasteiger partial charge < -0.3 is 15.4 Å². The molecule has 1 heterocycles. The van der Waals surface area contributed by atoms with Crippen molar-refractivity contribution in [2.24, 2.45) is 5.73 Å². The highest BCUT2D eigenvalue weighted by Crippen LogP contribution is 2.30. The van der Waals surface area contributed by atoms with Crippen LogP contribution in [-0.4, -0.2) is 26.2 Å². The molecule has 88 valence electrons. The number of hydrogen-bond donors (Lipinski definition) is 1. The summed E-state index contributed by atoms with van der Waals surface area (Å²) in [5, 5.41) is 0. The van der Waals surface area contributed by atoms with E-state index in [0.29, 0.717) is 5.75 Å². The van der Waals surface area contributed by atoms with Crippen molar-refractivity contribution in [3.05, 3.63) is 24.0 Å². The van der Waals surface area contributed by atoms with Gasteiger partial charge in [0.1, 0.15) is 11.6 Å². The lowest BCUT2D eigenvalue weighted by molar-refractivity contribution is 0.409. The van der Waals surface area contributed by atoms with Crippen molar-refractivity contribution in [1.29, 1.82) is 0 Å². The van der Waals surface area contributed by atoms with Crippen LogP contribution >= 0.6 is 0 Å². The van der Waals surface area contributed by atoms with Gasteiger partial charge in [-0.3, -0.25) is 0 Å². The number of halogens is 1. The SMILES string of the molecule is COc1ccc(F)cc1N1CCCC(N)C1. The van der Waals surface area contributed by atoms with E-state index in [-0.39, 0.29) is 11.9 Å². The van der Waals surface area contributed by atoms with Crippen molar-refractivity contribution in [1.82, 2.24) is 0 Å². The molecule has 4 heteroatoms. The second-order valence-electron chi connectivity index (χ2n) is 4.16. The van der Waals surface area contributed by atoms with Gasteiger partial charge in [-0.2, -0.15) is 0 Å². The highest BCUT2D eigenvalue weighted by Gasteiger charge is 2.20. The number of hydrogen-bond acceptors (Lipinski definition) is 3. The smallest absolute Gasteiger partial charge is 0.142 e. The summed E-state index contributed by atoms with van der Waals surface area (Å²) in [5.74, 6) is 0.463. The summed E-state index contributed by atoms with van der Waals surface area (Å²) in [6.07, 6.45) is 2.08. The standard InChI is InChI=1S/C12H17FN2O/c1-16-12-5-4-9(13)7-11(12)15-6-2-3-10(14)8-15/h4-5,7,10H,2-3,6,8,14H2,1H3. The topological polar surface area (TPSA) is 38.5 Å². The van der Waals surface area contributed by atoms with Crippen LogP contribution < -0.4 is 15.4 Å². The van der Waals surface area contributed by atoms with Gasteiger partial charge in [0.15, 0.2) is 0 Å². The number of rotatable bonds is 2. The molecule has 1 aromatic carbocycles. The number of ether oxygens (including phenoxy) is 1. The fourth-order valence-corrected chi connectivity index (χ4v) is 2.14. The summed E-state index contributed by atoms with van der Waals surface area (Å²) in [4.78, 5) is 2.09. The third-order valence-electron chi connectivity index (χ3n) is 2.94. The highest BCUT2D eigenvalue weighted by molar-refractivity contribution is 5.59. The molecular weight excluding hydrogens is 207 g/mol. The van der Waals surface area contributed by atoms with Crippen molar-refractivity contribution < 1.29 is 9.13 Å². The van der Waals surface area contributed by atoms with Crippen LogP contribution in [0.5, 0.6) is 5.75 Å². The number of benzene rings is 1. The zero-order valence-corrected chi connectivity index (χ0v) is 9.45. The van der Waals surface area contributed by atoms with E-state index in [9.17, 15) is 4.39 Å². The molecule has 2 N–H and O–H groups in total. The molecule has 0 aromatic heterocycles. The maximum atomic E-state index is 13.2. The van der Waals surface area contributed by atoms with Crippen LogP contribution in [0.15, 0.2) is 18.2 Å². The Morgan fingerprint density at radius 3 is 3.00 bits per heavy atom. The van der Waals surface area contributed by atoms with Gasteiger partial charge in [0, 0.05) is 25.2 Å². The fraction of sp³-hybridized carbons (Fsp3) is 0.500. The van der Waals surface area contributed by atoms with Crippen LogP contribution in [-0.2, 0) is 0 Å². The van der Waals surface area contributed by atoms with Crippen LogP contribution in [0.4, 0.5) is 10.1 Å². The lowest BCUT2D eigenvalue weighted by atomic mass is 10.1. The zero-order valence-electron chi connectivity index (χ0n) is 9.45. The van der Waals surface area contributed by atoms with E-state index in [0.717, 1.165) is 31.6 Å². The Bertz CT molecular complexity index is 370. The Morgan fingerprint density at radius 1 is 1.50 bits per heavy atom. The Balaban J connectivity index is 2.26. The second kappa shape index (κ2) is 4.70. The molecule has 0 aliphatic carbocycles. The third-order valence-corrected chi connectivity index (χ3v) is 2.94. The molecule has 2 rings (SSSR count). The molecule has 0 radical (unpaired) electrons. The van der Waals surface area contributed by atoms with Crippen LogP contribution in [0.25, 0.3) is 0 Å². The first kappa shape index (κ1) is 11.2. The van der Waals surface area contributed by atoms with Gasteiger partial charge in [-0.05, 0) is 25.0 Å². The normalized spacial score (nSPS) is 20.9. The number of nitrogens with two attached hydrogens (primary N) is 1. The molecule has 0 amide bonds. The van der Waals surface area contributed by atoms with E-state index in [1.165, 1.54) is 12.1 Å². The number of anilines is 1. The predicted octanol–water partition coefficient (Wildman–Crippen LogP) is 1.76. The molecular formula is C12H17FN2O. The maximum absolute atomic E-state index is 13.2. The fourth-order valence-electron chi connectivity index (χ4n) is 2.14. The summed E-state index contributed by atoms with van der Waals surface area (Å²) in [6, 6.07) is 4.75. The molecule has 1 atom stereocenters. The van der Waals surface area contributed by atoms with E-state index in [2.05, 4.69) is 4.90 Å². The van der Waals surface area contributed by atoms with Crippen LogP contribution in [0.2, 0.25) is 0 Å². The first-order chi connectivity index (χ1) is 7.70. The molecule has 0 spiro atoms. The van der Waals surface area contributed by atoms with E-state index < -0.39 is 0 Å². The van der Waals surface area contributed by atoms with Gasteiger partial charge in [0.2, 0.25) is 0 Å². The van der Waals surface area contributed by atoms with Gasteiger partial charge in [0.05, 0.1) is 12.8 Å². The maximum Gasteiger partial charge on any atom is 0.142 e. The summed E-state index contributed by atoms with van der Waals surface area (Å²) >= 11 is 0. The molecule has 1 saturated heterocycles. The van der Waals surface area contributed by atoms with Gasteiger partial charge >= 0.3 is 0 Å². The largest absolute Gasteiger partial charge is 0.495 e. The van der Waals surface area contributed by atoms with Gasteiger partial charge in [0.25, 0.3) is 0 Å². The van der Waals surface area contributed by atoms with Crippen molar-refractivity contribution in [3.63, 3.8) is 0 Å². The predicted molar refractivity (Wildman–Crippen MR) is 62.4 cm³/mol. The Labute approximate surface area is 95.0 Å². The quantitative estimate of drug-likeness (QED) is 0.832. The molecule has 0 saturated carbocycles. The van der Waals surface area contributed by atoms with Crippen molar-refractivity contribution in [2.45, 2.75) is 18.9 Å². The Morgan fingerprint density at radius 2 is 2.31 bits per heavy atom. The molecule has 1 aliphatic heterocycles. The minimum Gasteiger partial charge on any atom is -0.495 e. The lowest BCUT2D eigenvalue weighted by Gasteiger charge is -2.33.